The maximum atomic E-state index is 12.8. The fraction of sp³-hybridized carbons (Fsp3) is 0.800. The summed E-state index contributed by atoms with van der Waals surface area (Å²) in [7, 11) is 0. The van der Waals surface area contributed by atoms with Gasteiger partial charge in [-0.2, -0.15) is 0 Å². The molecule has 1 aliphatic rings. The summed E-state index contributed by atoms with van der Waals surface area (Å²) >= 11 is 0. The number of hydrogen-bond acceptors (Lipinski definition) is 6. The van der Waals surface area contributed by atoms with E-state index in [1.54, 1.807) is 6.92 Å². The second-order valence-corrected chi connectivity index (χ2v) is 9.56. The van der Waals surface area contributed by atoms with Crippen molar-refractivity contribution in [2.75, 3.05) is 6.61 Å². The van der Waals surface area contributed by atoms with Crippen LogP contribution in [-0.2, 0) is 28.7 Å². The summed E-state index contributed by atoms with van der Waals surface area (Å²) in [5.74, 6) is -2.10. The molecule has 0 aromatic carbocycles. The van der Waals surface area contributed by atoms with Gasteiger partial charge in [-0.3, -0.25) is 19.2 Å². The van der Waals surface area contributed by atoms with Crippen LogP contribution in [0.4, 0.5) is 0 Å². The lowest BCUT2D eigenvalue weighted by Gasteiger charge is -2.43. The van der Waals surface area contributed by atoms with Crippen LogP contribution in [0.2, 0.25) is 0 Å². The van der Waals surface area contributed by atoms with Crippen LogP contribution in [0, 0.1) is 16.2 Å². The Morgan fingerprint density at radius 3 is 2.04 bits per heavy atom. The summed E-state index contributed by atoms with van der Waals surface area (Å²) in [6.07, 6.45) is -0.205. The predicted octanol–water partition coefficient (Wildman–Crippen LogP) is 3.06. The highest BCUT2D eigenvalue weighted by atomic mass is 16.6. The normalized spacial score (nSPS) is 19.8. The summed E-state index contributed by atoms with van der Waals surface area (Å²) in [5.41, 5.74) is -1.30. The van der Waals surface area contributed by atoms with Crippen molar-refractivity contribution in [1.29, 1.82) is 0 Å². The molecule has 0 aromatic heterocycles. The van der Waals surface area contributed by atoms with Crippen LogP contribution in [0.3, 0.4) is 0 Å². The number of esters is 2. The van der Waals surface area contributed by atoms with Crippen LogP contribution >= 0.6 is 0 Å². The highest BCUT2D eigenvalue weighted by Crippen LogP contribution is 2.47. The average Bonchev–Trinajstić information content (AvgIpc) is 2.48. The third-order valence-electron chi connectivity index (χ3n) is 5.05. The third-order valence-corrected chi connectivity index (χ3v) is 5.05. The Kier molecular flexibility index (Phi) is 6.84. The smallest absolute Gasteiger partial charge is 0.312 e. The van der Waals surface area contributed by atoms with Crippen molar-refractivity contribution in [3.05, 3.63) is 0 Å². The van der Waals surface area contributed by atoms with Crippen molar-refractivity contribution >= 4 is 23.8 Å². The molecule has 1 heterocycles. The Morgan fingerprint density at radius 2 is 1.63 bits per heavy atom. The van der Waals surface area contributed by atoms with Gasteiger partial charge in [0.05, 0.1) is 11.8 Å². The number of carbonyl (C=O) groups excluding carboxylic acids is 4. The number of imide groups is 1. The molecule has 7 heteroatoms. The van der Waals surface area contributed by atoms with Gasteiger partial charge in [0.15, 0.2) is 12.8 Å². The quantitative estimate of drug-likeness (QED) is 0.517. The molecule has 1 fully saturated rings. The number of amides is 2. The standard InChI is InChI=1S/C20H33NO6/c1-9-16(24)27-15-10-13(22)21(15)14(23)11-26-17(25)20(8,19(5,6)7)12-18(2,3)4/h15H,9-12H2,1-8H3. The van der Waals surface area contributed by atoms with E-state index in [0.717, 1.165) is 4.90 Å². The molecule has 7 nitrogen and oxygen atoms in total. The number of carbonyl (C=O) groups is 4. The fourth-order valence-corrected chi connectivity index (χ4v) is 3.08. The number of ether oxygens (including phenoxy) is 2. The van der Waals surface area contributed by atoms with Gasteiger partial charge in [-0.1, -0.05) is 48.5 Å². The van der Waals surface area contributed by atoms with E-state index < -0.39 is 42.0 Å². The summed E-state index contributed by atoms with van der Waals surface area (Å²) in [4.78, 5) is 49.1. The summed E-state index contributed by atoms with van der Waals surface area (Å²) < 4.78 is 10.3. The van der Waals surface area contributed by atoms with Crippen LogP contribution in [0.15, 0.2) is 0 Å². The second-order valence-electron chi connectivity index (χ2n) is 9.56. The molecule has 0 bridgehead atoms. The first-order valence-electron chi connectivity index (χ1n) is 9.34. The monoisotopic (exact) mass is 383 g/mol. The maximum Gasteiger partial charge on any atom is 0.312 e. The van der Waals surface area contributed by atoms with Crippen LogP contribution < -0.4 is 0 Å². The molecular weight excluding hydrogens is 350 g/mol. The summed E-state index contributed by atoms with van der Waals surface area (Å²) in [6, 6.07) is 0. The molecule has 0 spiro atoms. The number of rotatable bonds is 6. The van der Waals surface area contributed by atoms with E-state index in [2.05, 4.69) is 0 Å². The van der Waals surface area contributed by atoms with Crippen molar-refractivity contribution < 1.29 is 28.7 Å². The Labute approximate surface area is 161 Å². The van der Waals surface area contributed by atoms with Crippen LogP contribution in [0.5, 0.6) is 0 Å². The van der Waals surface area contributed by atoms with E-state index in [9.17, 15) is 19.2 Å². The number of likely N-dealkylation sites (tertiary alicyclic amines) is 1. The van der Waals surface area contributed by atoms with Crippen LogP contribution in [0.25, 0.3) is 0 Å². The van der Waals surface area contributed by atoms with E-state index in [0.29, 0.717) is 6.42 Å². The van der Waals surface area contributed by atoms with Gasteiger partial charge in [0, 0.05) is 6.42 Å². The Morgan fingerprint density at radius 1 is 1.07 bits per heavy atom. The molecule has 2 unspecified atom stereocenters. The molecule has 2 atom stereocenters. The molecule has 1 saturated heterocycles. The minimum absolute atomic E-state index is 0.0326. The van der Waals surface area contributed by atoms with Gasteiger partial charge in [0.1, 0.15) is 0 Å². The number of β-lactam (4-membered cyclic amide) rings is 1. The summed E-state index contributed by atoms with van der Waals surface area (Å²) in [5, 5.41) is 0. The van der Waals surface area contributed by atoms with E-state index in [1.807, 2.05) is 48.5 Å². The van der Waals surface area contributed by atoms with Crippen molar-refractivity contribution in [2.45, 2.75) is 80.9 Å². The lowest BCUT2D eigenvalue weighted by molar-refractivity contribution is -0.192. The van der Waals surface area contributed by atoms with Gasteiger partial charge in [-0.25, -0.2) is 4.90 Å². The molecule has 0 saturated carbocycles. The van der Waals surface area contributed by atoms with Crippen molar-refractivity contribution in [3.8, 4) is 0 Å². The SMILES string of the molecule is CCC(=O)OC1CC(=O)N1C(=O)COC(=O)C(C)(CC(C)(C)C)C(C)(C)C. The van der Waals surface area contributed by atoms with Gasteiger partial charge < -0.3 is 9.47 Å². The van der Waals surface area contributed by atoms with E-state index in [1.165, 1.54) is 0 Å². The molecular formula is C20H33NO6. The Balaban J connectivity index is 2.79. The Bertz CT molecular complexity index is 613. The molecule has 1 aliphatic heterocycles. The molecule has 2 amide bonds. The first-order valence-corrected chi connectivity index (χ1v) is 9.34. The average molecular weight is 383 g/mol. The van der Waals surface area contributed by atoms with Crippen LogP contribution in [0.1, 0.15) is 74.7 Å². The molecule has 0 aromatic rings. The predicted molar refractivity (Wildman–Crippen MR) is 99.2 cm³/mol. The number of nitrogens with zero attached hydrogens (tertiary/aromatic N) is 1. The van der Waals surface area contributed by atoms with E-state index >= 15 is 0 Å². The summed E-state index contributed by atoms with van der Waals surface area (Å²) in [6.45, 7) is 14.9. The molecule has 0 N–H and O–H groups in total. The van der Waals surface area contributed by atoms with Gasteiger partial charge in [-0.05, 0) is 24.2 Å². The number of hydrogen-bond donors (Lipinski definition) is 0. The zero-order valence-corrected chi connectivity index (χ0v) is 17.8. The zero-order valence-electron chi connectivity index (χ0n) is 17.8. The molecule has 1 rings (SSSR count). The van der Waals surface area contributed by atoms with Gasteiger partial charge >= 0.3 is 11.9 Å². The minimum Gasteiger partial charge on any atom is -0.455 e. The third kappa shape index (κ3) is 5.53. The highest BCUT2D eigenvalue weighted by Gasteiger charge is 2.49. The van der Waals surface area contributed by atoms with E-state index in [-0.39, 0.29) is 23.7 Å². The first-order chi connectivity index (χ1) is 12.1. The first kappa shape index (κ1) is 23.1. The minimum atomic E-state index is -0.903. The Hall–Kier alpha value is -1.92. The molecule has 0 radical (unpaired) electrons. The maximum absolute atomic E-state index is 12.8. The van der Waals surface area contributed by atoms with Crippen molar-refractivity contribution in [1.82, 2.24) is 4.90 Å². The lowest BCUT2D eigenvalue weighted by atomic mass is 9.61. The van der Waals surface area contributed by atoms with Crippen molar-refractivity contribution in [3.63, 3.8) is 0 Å². The van der Waals surface area contributed by atoms with Crippen LogP contribution in [-0.4, -0.2) is 41.5 Å². The largest absolute Gasteiger partial charge is 0.455 e. The van der Waals surface area contributed by atoms with Crippen molar-refractivity contribution in [2.24, 2.45) is 16.2 Å². The molecule has 154 valence electrons. The topological polar surface area (TPSA) is 90.0 Å². The molecule has 27 heavy (non-hydrogen) atoms. The van der Waals surface area contributed by atoms with E-state index in [4.69, 9.17) is 9.47 Å². The van der Waals surface area contributed by atoms with Gasteiger partial charge in [-0.15, -0.1) is 0 Å². The lowest BCUT2D eigenvalue weighted by Crippen LogP contribution is -2.58. The molecule has 0 aliphatic carbocycles. The zero-order chi connectivity index (χ0) is 21.2. The highest BCUT2D eigenvalue weighted by molar-refractivity contribution is 6.01. The van der Waals surface area contributed by atoms with Gasteiger partial charge in [0.25, 0.3) is 5.91 Å². The van der Waals surface area contributed by atoms with Gasteiger partial charge in [0.2, 0.25) is 5.91 Å². The second kappa shape index (κ2) is 7.98. The fourth-order valence-electron chi connectivity index (χ4n) is 3.08.